The number of hydrogen-bond acceptors (Lipinski definition) is 7. The molecule has 8 heteroatoms. The van der Waals surface area contributed by atoms with Gasteiger partial charge in [0.1, 0.15) is 6.61 Å². The number of ether oxygens (including phenoxy) is 2. The highest BCUT2D eigenvalue weighted by Gasteiger charge is 2.15. The maximum Gasteiger partial charge on any atom is 0.333 e. The van der Waals surface area contributed by atoms with Crippen LogP contribution in [0.15, 0.2) is 77.3 Å². The van der Waals surface area contributed by atoms with E-state index < -0.39 is 5.91 Å². The van der Waals surface area contributed by atoms with E-state index in [0.29, 0.717) is 23.7 Å². The molecule has 1 heterocycles. The first-order valence-corrected chi connectivity index (χ1v) is 10.4. The fourth-order valence-corrected chi connectivity index (χ4v) is 3.31. The molecule has 0 aliphatic heterocycles. The second-order valence-corrected chi connectivity index (χ2v) is 7.32. The van der Waals surface area contributed by atoms with Crippen LogP contribution in [0.5, 0.6) is 11.5 Å². The van der Waals surface area contributed by atoms with Crippen LogP contribution in [0.25, 0.3) is 11.4 Å². The number of carbonyl (C=O) groups is 1. The molecule has 0 fully saturated rings. The van der Waals surface area contributed by atoms with Crippen molar-refractivity contribution in [3.05, 3.63) is 95.4 Å². The number of nitrogens with zero attached hydrogens (tertiary/aromatic N) is 2. The summed E-state index contributed by atoms with van der Waals surface area (Å²) < 4.78 is 16.3. The molecule has 2 N–H and O–H groups in total. The maximum absolute atomic E-state index is 11.3. The standard InChI is InChI=1S/C25H23N3O5/c1-31-21-14-11-18(15-22(21)32-16-19-5-3-2-4-6-19)8-7-17-9-12-20(13-10-17)23-26-25(33-28-23)24(29)27-30/h2-6,9-15,30H,7-8,16H2,1H3,(H,27,29). The first-order valence-electron chi connectivity index (χ1n) is 10.4. The monoisotopic (exact) mass is 445 g/mol. The number of amides is 1. The minimum atomic E-state index is -0.850. The molecule has 0 radical (unpaired) electrons. The predicted octanol–water partition coefficient (Wildman–Crippen LogP) is 4.23. The molecular weight excluding hydrogens is 422 g/mol. The Labute approximate surface area is 190 Å². The van der Waals surface area contributed by atoms with Crippen molar-refractivity contribution in [3.63, 3.8) is 0 Å². The summed E-state index contributed by atoms with van der Waals surface area (Å²) in [5.74, 6) is 0.538. The molecule has 0 aliphatic rings. The third-order valence-electron chi connectivity index (χ3n) is 5.10. The summed E-state index contributed by atoms with van der Waals surface area (Å²) in [5.41, 5.74) is 5.54. The molecule has 8 nitrogen and oxygen atoms in total. The Morgan fingerprint density at radius 3 is 2.39 bits per heavy atom. The molecule has 0 saturated carbocycles. The summed E-state index contributed by atoms with van der Waals surface area (Å²) in [6.07, 6.45) is 1.66. The molecule has 1 amide bonds. The quantitative estimate of drug-likeness (QED) is 0.293. The fourth-order valence-electron chi connectivity index (χ4n) is 3.31. The lowest BCUT2D eigenvalue weighted by Crippen LogP contribution is -2.18. The van der Waals surface area contributed by atoms with Crippen LogP contribution >= 0.6 is 0 Å². The van der Waals surface area contributed by atoms with Crippen molar-refractivity contribution in [2.45, 2.75) is 19.4 Å². The Morgan fingerprint density at radius 1 is 0.939 bits per heavy atom. The van der Waals surface area contributed by atoms with Crippen molar-refractivity contribution < 1.29 is 24.0 Å². The van der Waals surface area contributed by atoms with Gasteiger partial charge >= 0.3 is 11.8 Å². The van der Waals surface area contributed by atoms with E-state index in [2.05, 4.69) is 10.1 Å². The van der Waals surface area contributed by atoms with E-state index in [1.54, 1.807) is 7.11 Å². The highest BCUT2D eigenvalue weighted by Crippen LogP contribution is 2.29. The van der Waals surface area contributed by atoms with E-state index in [4.69, 9.17) is 19.2 Å². The number of hydrogen-bond donors (Lipinski definition) is 2. The number of aromatic nitrogens is 2. The molecule has 0 spiro atoms. The van der Waals surface area contributed by atoms with Crippen molar-refractivity contribution >= 4 is 5.91 Å². The van der Waals surface area contributed by atoms with Gasteiger partial charge in [0.15, 0.2) is 11.5 Å². The minimum Gasteiger partial charge on any atom is -0.493 e. The van der Waals surface area contributed by atoms with Gasteiger partial charge in [-0.05, 0) is 41.7 Å². The second-order valence-electron chi connectivity index (χ2n) is 7.32. The van der Waals surface area contributed by atoms with Gasteiger partial charge in [0.25, 0.3) is 0 Å². The maximum atomic E-state index is 11.3. The largest absolute Gasteiger partial charge is 0.493 e. The average molecular weight is 445 g/mol. The molecule has 0 saturated heterocycles. The summed E-state index contributed by atoms with van der Waals surface area (Å²) >= 11 is 0. The van der Waals surface area contributed by atoms with E-state index in [1.807, 2.05) is 72.8 Å². The van der Waals surface area contributed by atoms with Crippen molar-refractivity contribution in [1.29, 1.82) is 0 Å². The highest BCUT2D eigenvalue weighted by atomic mass is 16.5. The minimum absolute atomic E-state index is 0.274. The van der Waals surface area contributed by atoms with Gasteiger partial charge in [-0.2, -0.15) is 4.98 Å². The van der Waals surface area contributed by atoms with Crippen LogP contribution in [0, 0.1) is 0 Å². The lowest BCUT2D eigenvalue weighted by molar-refractivity contribution is 0.0659. The summed E-state index contributed by atoms with van der Waals surface area (Å²) in [7, 11) is 1.63. The van der Waals surface area contributed by atoms with Gasteiger partial charge in [-0.15, -0.1) is 0 Å². The SMILES string of the molecule is COc1ccc(CCc2ccc(-c3noc(C(=O)NO)n3)cc2)cc1OCc1ccccc1. The third-order valence-corrected chi connectivity index (χ3v) is 5.10. The Balaban J connectivity index is 1.39. The van der Waals surface area contributed by atoms with Crippen LogP contribution in [-0.2, 0) is 19.4 Å². The second kappa shape index (κ2) is 10.4. The Bertz CT molecular complexity index is 1210. The van der Waals surface area contributed by atoms with E-state index in [9.17, 15) is 4.79 Å². The van der Waals surface area contributed by atoms with Gasteiger partial charge in [0.05, 0.1) is 7.11 Å². The van der Waals surface area contributed by atoms with Gasteiger partial charge in [0.2, 0.25) is 5.82 Å². The molecule has 33 heavy (non-hydrogen) atoms. The smallest absolute Gasteiger partial charge is 0.333 e. The Morgan fingerprint density at radius 2 is 1.67 bits per heavy atom. The van der Waals surface area contributed by atoms with Crippen LogP contribution < -0.4 is 15.0 Å². The van der Waals surface area contributed by atoms with E-state index in [0.717, 1.165) is 29.5 Å². The Hall–Kier alpha value is -4.17. The number of nitrogens with one attached hydrogen (secondary N) is 1. The van der Waals surface area contributed by atoms with Gasteiger partial charge in [-0.25, -0.2) is 5.48 Å². The molecule has 0 bridgehead atoms. The molecule has 168 valence electrons. The molecule has 1 aromatic heterocycles. The number of benzene rings is 3. The lowest BCUT2D eigenvalue weighted by atomic mass is 10.0. The van der Waals surface area contributed by atoms with Gasteiger partial charge in [-0.1, -0.05) is 65.8 Å². The van der Waals surface area contributed by atoms with Crippen LogP contribution in [0.4, 0.5) is 0 Å². The van der Waals surface area contributed by atoms with E-state index in [-0.39, 0.29) is 11.7 Å². The van der Waals surface area contributed by atoms with Gasteiger partial charge in [-0.3, -0.25) is 10.0 Å². The zero-order valence-corrected chi connectivity index (χ0v) is 18.0. The fraction of sp³-hybridized carbons (Fsp3) is 0.160. The van der Waals surface area contributed by atoms with Crippen molar-refractivity contribution in [3.8, 4) is 22.9 Å². The first kappa shape index (κ1) is 22.0. The zero-order valence-electron chi connectivity index (χ0n) is 18.0. The molecule has 4 aromatic rings. The molecule has 0 unspecified atom stereocenters. The van der Waals surface area contributed by atoms with Crippen LogP contribution in [-0.4, -0.2) is 28.4 Å². The van der Waals surface area contributed by atoms with Crippen molar-refractivity contribution in [2.75, 3.05) is 7.11 Å². The molecule has 4 rings (SSSR count). The molecule has 0 aliphatic carbocycles. The summed E-state index contributed by atoms with van der Waals surface area (Å²) in [6, 6.07) is 23.7. The van der Waals surface area contributed by atoms with Crippen LogP contribution in [0.3, 0.4) is 0 Å². The molecule has 3 aromatic carbocycles. The highest BCUT2D eigenvalue weighted by molar-refractivity contribution is 5.88. The lowest BCUT2D eigenvalue weighted by Gasteiger charge is -2.13. The molecule has 0 atom stereocenters. The third kappa shape index (κ3) is 5.55. The van der Waals surface area contributed by atoms with Crippen molar-refractivity contribution in [1.82, 2.24) is 15.6 Å². The summed E-state index contributed by atoms with van der Waals surface area (Å²) in [6.45, 7) is 0.472. The summed E-state index contributed by atoms with van der Waals surface area (Å²) in [4.78, 5) is 15.3. The topological polar surface area (TPSA) is 107 Å². The van der Waals surface area contributed by atoms with E-state index in [1.165, 1.54) is 5.48 Å². The number of aryl methyl sites for hydroxylation is 2. The van der Waals surface area contributed by atoms with Gasteiger partial charge in [0, 0.05) is 5.56 Å². The average Bonchev–Trinajstić information content (AvgIpc) is 3.37. The number of rotatable bonds is 9. The van der Waals surface area contributed by atoms with Crippen LogP contribution in [0.1, 0.15) is 27.4 Å². The number of hydroxylamine groups is 1. The Kier molecular flexibility index (Phi) is 6.96. The predicted molar refractivity (Wildman–Crippen MR) is 120 cm³/mol. The summed E-state index contributed by atoms with van der Waals surface area (Å²) in [5, 5.41) is 12.4. The normalized spacial score (nSPS) is 10.6. The number of methoxy groups -OCH3 is 1. The zero-order chi connectivity index (χ0) is 23.0. The van der Waals surface area contributed by atoms with E-state index >= 15 is 0 Å². The molecular formula is C25H23N3O5. The van der Waals surface area contributed by atoms with Crippen LogP contribution in [0.2, 0.25) is 0 Å². The first-order chi connectivity index (χ1) is 16.2. The van der Waals surface area contributed by atoms with Crippen molar-refractivity contribution in [2.24, 2.45) is 0 Å². The number of carbonyl (C=O) groups excluding carboxylic acids is 1. The van der Waals surface area contributed by atoms with Gasteiger partial charge < -0.3 is 14.0 Å².